The van der Waals surface area contributed by atoms with Gasteiger partial charge in [-0.1, -0.05) is 72.8 Å². The minimum atomic E-state index is -2.50. The quantitative estimate of drug-likeness (QED) is 0.129. The molecule has 19 heteroatoms. The van der Waals surface area contributed by atoms with E-state index in [4.69, 9.17) is 56.2 Å². The number of carbonyl (C=O) groups is 2. The predicted octanol–water partition coefficient (Wildman–Crippen LogP) is 9.11. The first-order valence-corrected chi connectivity index (χ1v) is 34.1. The molecular formula is C57H104N2O15Si2. The molecule has 5 rings (SSSR count). The highest BCUT2D eigenvalue weighted by Gasteiger charge is 2.56. The molecule has 0 aromatic heterocycles. The average molecular weight is 1110 g/mol. The van der Waals surface area contributed by atoms with Crippen molar-refractivity contribution in [2.24, 2.45) is 11.8 Å². The van der Waals surface area contributed by atoms with Crippen molar-refractivity contribution in [3.63, 3.8) is 0 Å². The van der Waals surface area contributed by atoms with Gasteiger partial charge in [-0.15, -0.1) is 0 Å². The molecule has 440 valence electrons. The van der Waals surface area contributed by atoms with Crippen LogP contribution < -0.4 is 0 Å². The molecule has 0 spiro atoms. The zero-order valence-electron chi connectivity index (χ0n) is 50.8. The van der Waals surface area contributed by atoms with Crippen LogP contribution in [0, 0.1) is 11.8 Å². The van der Waals surface area contributed by atoms with E-state index in [0.717, 1.165) is 12.8 Å². The van der Waals surface area contributed by atoms with Crippen molar-refractivity contribution in [2.75, 3.05) is 35.3 Å². The number of hydrogen-bond donors (Lipinski definition) is 1. The second-order valence-corrected chi connectivity index (χ2v) is 36.0. The molecule has 2 unspecified atom stereocenters. The minimum absolute atomic E-state index is 0.0280. The first-order valence-electron chi connectivity index (χ1n) is 28.3. The molecular weight excluding hydrogens is 1010 g/mol. The Bertz CT molecular complexity index is 1920. The normalized spacial score (nSPS) is 40.9. The molecule has 20 atom stereocenters. The van der Waals surface area contributed by atoms with Crippen molar-refractivity contribution < 1.29 is 70.9 Å². The average Bonchev–Trinajstić information content (AvgIpc) is 3.38. The van der Waals surface area contributed by atoms with E-state index in [1.54, 1.807) is 14.0 Å². The number of nitrogens with zero attached hydrogens (tertiary/aromatic N) is 2. The van der Waals surface area contributed by atoms with Crippen LogP contribution in [0.3, 0.4) is 0 Å². The number of cyclic esters (lactones) is 1. The summed E-state index contributed by atoms with van der Waals surface area (Å²) < 4.78 is 81.2. The molecule has 0 aromatic rings. The van der Waals surface area contributed by atoms with E-state index in [1.165, 1.54) is 6.92 Å². The van der Waals surface area contributed by atoms with Gasteiger partial charge in [-0.25, -0.2) is 0 Å². The summed E-state index contributed by atoms with van der Waals surface area (Å²) in [7, 11) is 4.77. The number of ether oxygens (including phenoxy) is 10. The fraction of sp³-hybridized carbons (Fsp3) is 0.895. The lowest BCUT2D eigenvalue weighted by atomic mass is 9.82. The summed E-state index contributed by atoms with van der Waals surface area (Å²) in [5, 5.41) is 11.8. The monoisotopic (exact) mass is 1110 g/mol. The zero-order valence-corrected chi connectivity index (χ0v) is 52.8. The lowest BCUT2D eigenvalue weighted by Gasteiger charge is -2.52. The molecule has 17 nitrogen and oxygen atoms in total. The van der Waals surface area contributed by atoms with Crippen LogP contribution in [-0.4, -0.2) is 189 Å². The third kappa shape index (κ3) is 16.7. The lowest BCUT2D eigenvalue weighted by molar-refractivity contribution is -0.343. The van der Waals surface area contributed by atoms with Gasteiger partial charge in [0.05, 0.1) is 60.8 Å². The second-order valence-electron chi connectivity index (χ2n) is 26.5. The Morgan fingerprint density at radius 3 is 1.93 bits per heavy atom. The summed E-state index contributed by atoms with van der Waals surface area (Å²) in [4.78, 5) is 31.5. The SMILES string of the molecule is CO[C@@H]1C(O[C@@H]2O[C@H](C)[C@@H](O[C@H]3C[C@@](C)(O)[C@@H](O[Si](C)(C)C(C)(C)C)[C@H](C)O3)[C@H](N(C)C)[C@H]2OC(C)=O)[C@H]2C[C@H](O[Si](C)(C)C(C)(C)C)O[C@@H]1CC(=O)O[C@H](C)C/C=C/C=C/[C@H](OC1CC[C@H](N(C)C)[C@@H](C)O1)[C@H](C)C2. The number of rotatable bonds is 14. The number of fused-ring (bicyclic) bond motifs is 3. The van der Waals surface area contributed by atoms with Crippen LogP contribution in [0.4, 0.5) is 0 Å². The fourth-order valence-corrected chi connectivity index (χ4v) is 13.8. The molecule has 2 bridgehead atoms. The number of likely N-dealkylation sites (N-methyl/N-ethyl adjacent to an activating group) is 2. The van der Waals surface area contributed by atoms with Gasteiger partial charge in [-0.05, 0) is 130 Å². The molecule has 5 aliphatic heterocycles. The summed E-state index contributed by atoms with van der Waals surface area (Å²) >= 11 is 0. The number of methoxy groups -OCH3 is 1. The van der Waals surface area contributed by atoms with Crippen LogP contribution >= 0.6 is 0 Å². The third-order valence-electron chi connectivity index (χ3n) is 17.5. The van der Waals surface area contributed by atoms with E-state index in [9.17, 15) is 14.7 Å². The molecule has 0 amide bonds. The van der Waals surface area contributed by atoms with Crippen molar-refractivity contribution in [3.8, 4) is 0 Å². The summed E-state index contributed by atoms with van der Waals surface area (Å²) in [5.74, 6) is -1.45. The molecule has 4 fully saturated rings. The van der Waals surface area contributed by atoms with Crippen LogP contribution in [0.1, 0.15) is 135 Å². The smallest absolute Gasteiger partial charge is 0.308 e. The Labute approximate surface area is 460 Å². The maximum Gasteiger partial charge on any atom is 0.308 e. The fourth-order valence-electron chi connectivity index (χ4n) is 11.2. The number of esters is 2. The van der Waals surface area contributed by atoms with E-state index in [-0.39, 0.29) is 53.0 Å². The second kappa shape index (κ2) is 26.5. The summed E-state index contributed by atoms with van der Waals surface area (Å²) in [6, 6.07) is -0.351. The third-order valence-corrected chi connectivity index (χ3v) is 26.4. The van der Waals surface area contributed by atoms with Gasteiger partial charge in [0.15, 0.2) is 41.6 Å². The zero-order chi connectivity index (χ0) is 57.0. The number of allylic oxidation sites excluding steroid dienone is 2. The number of hydrogen-bond acceptors (Lipinski definition) is 17. The Kier molecular flexibility index (Phi) is 22.7. The van der Waals surface area contributed by atoms with Crippen molar-refractivity contribution >= 4 is 28.6 Å². The maximum atomic E-state index is 14.0. The van der Waals surface area contributed by atoms with Crippen molar-refractivity contribution in [1.82, 2.24) is 9.80 Å². The van der Waals surface area contributed by atoms with Crippen LogP contribution in [0.2, 0.25) is 36.3 Å². The van der Waals surface area contributed by atoms with E-state index < -0.39 is 120 Å². The molecule has 5 aliphatic rings. The van der Waals surface area contributed by atoms with E-state index in [2.05, 4.69) is 107 Å². The number of carbonyl (C=O) groups excluding carboxylic acids is 2. The van der Waals surface area contributed by atoms with Crippen molar-refractivity contribution in [3.05, 3.63) is 24.3 Å². The molecule has 0 aromatic carbocycles. The topological polar surface area (TPSA) is 172 Å². The summed E-state index contributed by atoms with van der Waals surface area (Å²) in [6.45, 7) is 34.9. The number of aliphatic hydroxyl groups is 1. The standard InChI is InChI=1S/C57H104N2O15Si2/c1-34-30-40-31-46(73-75(19,20)55(7,8)9)70-43(32-44(61)64-35(2)26-24-23-25-27-42(34)69-45-29-28-41(58(14)15)36(3)65-45)51(63-18)50(40)72-54-52(68-39(6)60)48(59(16)17)49(37(4)67-54)71-47-33-57(13,62)53(38(5)66-47)74-76(21,22)56(10,11)12/h23-25,27,34-38,40-43,45-54,62H,26,28-33H2,1-22H3/b24-23+,27-25+/t34-,35-,36-,37-,38+,40-,41+,42+,43-,45?,46+,47+,48+,49-,50?,51+,52-,53+,54+,57-/m1/s1. The minimum Gasteiger partial charge on any atom is -0.462 e. The van der Waals surface area contributed by atoms with Gasteiger partial charge in [-0.2, -0.15) is 0 Å². The van der Waals surface area contributed by atoms with E-state index in [0.29, 0.717) is 19.3 Å². The van der Waals surface area contributed by atoms with Gasteiger partial charge in [0.25, 0.3) is 0 Å². The lowest BCUT2D eigenvalue weighted by Crippen LogP contribution is -2.67. The predicted molar refractivity (Wildman–Crippen MR) is 297 cm³/mol. The van der Waals surface area contributed by atoms with Gasteiger partial charge in [0.2, 0.25) is 0 Å². The molecule has 5 heterocycles. The van der Waals surface area contributed by atoms with Crippen molar-refractivity contribution in [2.45, 2.75) is 281 Å². The molecule has 0 radical (unpaired) electrons. The highest BCUT2D eigenvalue weighted by Crippen LogP contribution is 2.45. The van der Waals surface area contributed by atoms with Gasteiger partial charge < -0.3 is 71.1 Å². The Balaban J connectivity index is 1.57. The summed E-state index contributed by atoms with van der Waals surface area (Å²) in [5.41, 5.74) is -1.29. The van der Waals surface area contributed by atoms with Gasteiger partial charge in [0.1, 0.15) is 24.6 Å². The largest absolute Gasteiger partial charge is 0.462 e. The van der Waals surface area contributed by atoms with E-state index >= 15 is 0 Å². The maximum absolute atomic E-state index is 14.0. The molecule has 4 saturated heterocycles. The van der Waals surface area contributed by atoms with E-state index in [1.807, 2.05) is 58.0 Å². The molecule has 1 N–H and O–H groups in total. The Morgan fingerprint density at radius 1 is 0.737 bits per heavy atom. The highest BCUT2D eigenvalue weighted by atomic mass is 28.4. The van der Waals surface area contributed by atoms with Crippen LogP contribution in [0.5, 0.6) is 0 Å². The van der Waals surface area contributed by atoms with Crippen LogP contribution in [-0.2, 0) is 65.8 Å². The first-order chi connectivity index (χ1) is 35.0. The Morgan fingerprint density at radius 2 is 1.37 bits per heavy atom. The summed E-state index contributed by atoms with van der Waals surface area (Å²) in [6.07, 6.45) is 1.11. The van der Waals surface area contributed by atoms with Crippen molar-refractivity contribution in [1.29, 1.82) is 0 Å². The van der Waals surface area contributed by atoms with Crippen LogP contribution in [0.15, 0.2) is 24.3 Å². The van der Waals surface area contributed by atoms with Gasteiger partial charge in [-0.3, -0.25) is 9.59 Å². The highest BCUT2D eigenvalue weighted by molar-refractivity contribution is 6.74. The van der Waals surface area contributed by atoms with Crippen LogP contribution in [0.25, 0.3) is 0 Å². The first kappa shape index (κ1) is 65.1. The molecule has 0 aliphatic carbocycles. The molecule has 0 saturated carbocycles. The van der Waals surface area contributed by atoms with Gasteiger partial charge in [0, 0.05) is 39.3 Å². The Hall–Kier alpha value is -1.67. The molecule has 76 heavy (non-hydrogen) atoms. The van der Waals surface area contributed by atoms with Gasteiger partial charge >= 0.3 is 11.9 Å².